The molecular formula is C45H83NO5. The van der Waals surface area contributed by atoms with Crippen molar-refractivity contribution >= 4 is 11.9 Å². The minimum atomic E-state index is -0.858. The standard InChI is InChI=1S/C45H83NO5/c1-3-5-7-9-11-13-15-19-23-27-31-35-39-45(50)51-40-36-32-28-24-20-17-16-18-22-26-30-34-38-44(49)46-42(41-47)43(48)37-33-29-25-21-14-12-10-8-6-4-2/h11,13,17,20,33,37,42-43,47-48H,3-10,12,14-16,18-19,21-32,34-36,38-41H2,1-2H3,(H,46,49)/b13-11-,20-17-,37-33+. The van der Waals surface area contributed by atoms with Gasteiger partial charge in [0, 0.05) is 12.8 Å². The number of aliphatic hydroxyl groups is 2. The van der Waals surface area contributed by atoms with Crippen LogP contribution in [-0.4, -0.2) is 47.4 Å². The Labute approximate surface area is 315 Å². The number of allylic oxidation sites excluding steroid dienone is 5. The average Bonchev–Trinajstić information content (AvgIpc) is 3.13. The molecule has 0 aliphatic carbocycles. The van der Waals surface area contributed by atoms with E-state index in [4.69, 9.17) is 4.74 Å². The second kappa shape index (κ2) is 40.8. The summed E-state index contributed by atoms with van der Waals surface area (Å²) in [6, 6.07) is -0.644. The Bertz CT molecular complexity index is 838. The van der Waals surface area contributed by atoms with Crippen molar-refractivity contribution in [1.82, 2.24) is 5.32 Å². The zero-order valence-electron chi connectivity index (χ0n) is 33.6. The molecule has 0 rings (SSSR count). The number of rotatable bonds is 39. The van der Waals surface area contributed by atoms with Crippen molar-refractivity contribution in [3.8, 4) is 0 Å². The van der Waals surface area contributed by atoms with E-state index < -0.39 is 12.1 Å². The van der Waals surface area contributed by atoms with Gasteiger partial charge >= 0.3 is 5.97 Å². The number of hydrogen-bond acceptors (Lipinski definition) is 5. The molecule has 0 fully saturated rings. The van der Waals surface area contributed by atoms with E-state index in [1.54, 1.807) is 6.08 Å². The van der Waals surface area contributed by atoms with Crippen LogP contribution < -0.4 is 5.32 Å². The zero-order valence-corrected chi connectivity index (χ0v) is 33.6. The fourth-order valence-electron chi connectivity index (χ4n) is 6.21. The van der Waals surface area contributed by atoms with Gasteiger partial charge in [-0.1, -0.05) is 147 Å². The van der Waals surface area contributed by atoms with Crippen molar-refractivity contribution in [3.05, 3.63) is 36.5 Å². The van der Waals surface area contributed by atoms with Crippen molar-refractivity contribution in [1.29, 1.82) is 0 Å². The molecule has 0 saturated carbocycles. The summed E-state index contributed by atoms with van der Waals surface area (Å²) in [4.78, 5) is 24.3. The second-order valence-corrected chi connectivity index (χ2v) is 14.7. The Morgan fingerprint density at radius 1 is 0.529 bits per heavy atom. The number of nitrogens with one attached hydrogen (secondary N) is 1. The molecule has 6 nitrogen and oxygen atoms in total. The number of carbonyl (C=O) groups is 2. The number of unbranched alkanes of at least 4 members (excludes halogenated alkanes) is 24. The molecule has 298 valence electrons. The summed E-state index contributed by atoms with van der Waals surface area (Å²) in [6.45, 7) is 4.77. The number of aliphatic hydroxyl groups excluding tert-OH is 2. The number of hydrogen-bond donors (Lipinski definition) is 3. The third kappa shape index (κ3) is 37.6. The summed E-state index contributed by atoms with van der Waals surface area (Å²) in [5.74, 6) is -0.134. The highest BCUT2D eigenvalue weighted by molar-refractivity contribution is 5.76. The normalized spacial score (nSPS) is 13.1. The predicted octanol–water partition coefficient (Wildman–Crippen LogP) is 12.2. The molecule has 2 unspecified atom stereocenters. The predicted molar refractivity (Wildman–Crippen MR) is 218 cm³/mol. The van der Waals surface area contributed by atoms with E-state index >= 15 is 0 Å². The van der Waals surface area contributed by atoms with Gasteiger partial charge < -0.3 is 20.3 Å². The Morgan fingerprint density at radius 2 is 0.922 bits per heavy atom. The van der Waals surface area contributed by atoms with E-state index in [2.05, 4.69) is 43.5 Å². The molecule has 3 N–H and O–H groups in total. The Balaban J connectivity index is 3.56. The first-order valence-electron chi connectivity index (χ1n) is 21.8. The number of ether oxygens (including phenoxy) is 1. The summed E-state index contributed by atoms with van der Waals surface area (Å²) in [7, 11) is 0. The SMILES string of the molecule is CCCCC/C=C\CCCCCCCC(=O)OCCCCC/C=C\CCCCCCCC(=O)NC(CO)C(O)/C=C/CCCCCCCCCC. The highest BCUT2D eigenvalue weighted by Gasteiger charge is 2.17. The lowest BCUT2D eigenvalue weighted by molar-refractivity contribution is -0.143. The molecule has 1 amide bonds. The molecular weight excluding hydrogens is 634 g/mol. The van der Waals surface area contributed by atoms with E-state index in [0.717, 1.165) is 83.5 Å². The van der Waals surface area contributed by atoms with E-state index in [-0.39, 0.29) is 18.5 Å². The number of amides is 1. The summed E-state index contributed by atoms with van der Waals surface area (Å²) in [5.41, 5.74) is 0. The van der Waals surface area contributed by atoms with E-state index in [0.29, 0.717) is 19.4 Å². The fraction of sp³-hybridized carbons (Fsp3) is 0.822. The maximum atomic E-state index is 12.3. The third-order valence-corrected chi connectivity index (χ3v) is 9.63. The highest BCUT2D eigenvalue weighted by atomic mass is 16.5. The topological polar surface area (TPSA) is 95.9 Å². The van der Waals surface area contributed by atoms with Crippen LogP contribution in [0.2, 0.25) is 0 Å². The summed E-state index contributed by atoms with van der Waals surface area (Å²) < 4.78 is 5.41. The average molecular weight is 718 g/mol. The third-order valence-electron chi connectivity index (χ3n) is 9.63. The first-order valence-corrected chi connectivity index (χ1v) is 21.8. The van der Waals surface area contributed by atoms with Crippen molar-refractivity contribution < 1.29 is 24.5 Å². The van der Waals surface area contributed by atoms with Gasteiger partial charge in [0.25, 0.3) is 0 Å². The van der Waals surface area contributed by atoms with Gasteiger partial charge in [-0.05, 0) is 89.9 Å². The van der Waals surface area contributed by atoms with Crippen molar-refractivity contribution in [2.45, 2.75) is 225 Å². The Hall–Kier alpha value is -1.92. The van der Waals surface area contributed by atoms with E-state index in [1.807, 2.05) is 6.08 Å². The fourth-order valence-corrected chi connectivity index (χ4v) is 6.21. The molecule has 0 spiro atoms. The molecule has 2 atom stereocenters. The quantitative estimate of drug-likeness (QED) is 0.0334. The minimum Gasteiger partial charge on any atom is -0.466 e. The molecule has 0 heterocycles. The monoisotopic (exact) mass is 718 g/mol. The molecule has 0 aromatic heterocycles. The molecule has 0 saturated heterocycles. The van der Waals surface area contributed by atoms with Gasteiger partial charge in [0.2, 0.25) is 5.91 Å². The van der Waals surface area contributed by atoms with Crippen LogP contribution >= 0.6 is 0 Å². The molecule has 0 aromatic rings. The van der Waals surface area contributed by atoms with Crippen LogP contribution in [0, 0.1) is 0 Å². The van der Waals surface area contributed by atoms with Gasteiger partial charge in [-0.15, -0.1) is 0 Å². The molecule has 0 aliphatic rings. The van der Waals surface area contributed by atoms with Crippen LogP contribution in [0.5, 0.6) is 0 Å². The first-order chi connectivity index (χ1) is 25.0. The van der Waals surface area contributed by atoms with Gasteiger partial charge in [0.05, 0.1) is 25.4 Å². The van der Waals surface area contributed by atoms with Crippen LogP contribution in [0.3, 0.4) is 0 Å². The van der Waals surface area contributed by atoms with Crippen LogP contribution in [0.1, 0.15) is 213 Å². The smallest absolute Gasteiger partial charge is 0.305 e. The first kappa shape index (κ1) is 49.1. The van der Waals surface area contributed by atoms with Crippen molar-refractivity contribution in [2.75, 3.05) is 13.2 Å². The minimum absolute atomic E-state index is 0.0361. The lowest BCUT2D eigenvalue weighted by Gasteiger charge is -2.20. The summed E-state index contributed by atoms with van der Waals surface area (Å²) in [5, 5.41) is 22.8. The number of carbonyl (C=O) groups excluding carboxylic acids is 2. The second-order valence-electron chi connectivity index (χ2n) is 14.7. The maximum absolute atomic E-state index is 12.3. The van der Waals surface area contributed by atoms with E-state index in [1.165, 1.54) is 103 Å². The van der Waals surface area contributed by atoms with Crippen molar-refractivity contribution in [2.24, 2.45) is 0 Å². The van der Waals surface area contributed by atoms with Crippen molar-refractivity contribution in [3.63, 3.8) is 0 Å². The van der Waals surface area contributed by atoms with Gasteiger partial charge in [-0.25, -0.2) is 0 Å². The molecule has 6 heteroatoms. The molecule has 0 aromatic carbocycles. The van der Waals surface area contributed by atoms with Crippen LogP contribution in [-0.2, 0) is 14.3 Å². The molecule has 51 heavy (non-hydrogen) atoms. The van der Waals surface area contributed by atoms with E-state index in [9.17, 15) is 19.8 Å². The van der Waals surface area contributed by atoms with Crippen LogP contribution in [0.4, 0.5) is 0 Å². The van der Waals surface area contributed by atoms with Crippen LogP contribution in [0.25, 0.3) is 0 Å². The van der Waals surface area contributed by atoms with Crippen LogP contribution in [0.15, 0.2) is 36.5 Å². The Morgan fingerprint density at radius 3 is 1.43 bits per heavy atom. The van der Waals surface area contributed by atoms with Gasteiger partial charge in [-0.2, -0.15) is 0 Å². The largest absolute Gasteiger partial charge is 0.466 e. The van der Waals surface area contributed by atoms with Gasteiger partial charge in [-0.3, -0.25) is 9.59 Å². The molecule has 0 bridgehead atoms. The zero-order chi connectivity index (χ0) is 37.3. The highest BCUT2D eigenvalue weighted by Crippen LogP contribution is 2.12. The summed E-state index contributed by atoms with van der Waals surface area (Å²) in [6.07, 6.45) is 47.0. The summed E-state index contributed by atoms with van der Waals surface area (Å²) >= 11 is 0. The maximum Gasteiger partial charge on any atom is 0.305 e. The Kier molecular flexibility index (Phi) is 39.3. The van der Waals surface area contributed by atoms with Gasteiger partial charge in [0.15, 0.2) is 0 Å². The lowest BCUT2D eigenvalue weighted by atomic mass is 10.1. The van der Waals surface area contributed by atoms with Gasteiger partial charge in [0.1, 0.15) is 0 Å². The lowest BCUT2D eigenvalue weighted by Crippen LogP contribution is -2.45. The molecule has 0 aliphatic heterocycles. The molecule has 0 radical (unpaired) electrons. The number of esters is 1.